The third kappa shape index (κ3) is 5.14. The van der Waals surface area contributed by atoms with Crippen molar-refractivity contribution < 1.29 is 19.4 Å². The third-order valence-corrected chi connectivity index (χ3v) is 7.10. The number of aromatic nitrogens is 1. The van der Waals surface area contributed by atoms with E-state index in [1.807, 2.05) is 30.3 Å². The van der Waals surface area contributed by atoms with Gasteiger partial charge in [-0.25, -0.2) is 0 Å². The van der Waals surface area contributed by atoms with Crippen LogP contribution < -0.4 is 4.74 Å². The van der Waals surface area contributed by atoms with Gasteiger partial charge in [0.1, 0.15) is 5.75 Å². The Balaban J connectivity index is 1.71. The van der Waals surface area contributed by atoms with Crippen LogP contribution in [0.2, 0.25) is 0 Å². The first kappa shape index (κ1) is 25.0. The molecule has 0 fully saturated rings. The Labute approximate surface area is 208 Å². The number of fused-ring (bicyclic) bond motifs is 3. The standard InChI is InChI=1S/C30H37NO4/c1-5-6-7-8-18-35-22-15-12-20(13-16-22)28(32)31-25-17-14-21(30(2,3)4)19-24(25)27-23(29(33)34)10-9-11-26(27)31/h12-17,19,23H,5-11,18H2,1-4H3,(H,33,34). The van der Waals surface area contributed by atoms with Gasteiger partial charge in [-0.3, -0.25) is 14.2 Å². The molecule has 1 heterocycles. The van der Waals surface area contributed by atoms with Gasteiger partial charge in [0, 0.05) is 16.6 Å². The minimum atomic E-state index is -0.820. The molecular weight excluding hydrogens is 438 g/mol. The van der Waals surface area contributed by atoms with Crippen molar-refractivity contribution in [1.82, 2.24) is 4.57 Å². The van der Waals surface area contributed by atoms with E-state index in [1.54, 1.807) is 4.57 Å². The van der Waals surface area contributed by atoms with Gasteiger partial charge in [0.2, 0.25) is 0 Å². The molecule has 1 N–H and O–H groups in total. The Bertz CT molecular complexity index is 1210. The lowest BCUT2D eigenvalue weighted by Gasteiger charge is -2.21. The Hall–Kier alpha value is -3.08. The average molecular weight is 476 g/mol. The van der Waals surface area contributed by atoms with Crippen LogP contribution in [0.3, 0.4) is 0 Å². The highest BCUT2D eigenvalue weighted by Crippen LogP contribution is 2.41. The van der Waals surface area contributed by atoms with E-state index >= 15 is 0 Å². The number of carbonyl (C=O) groups excluding carboxylic acids is 1. The van der Waals surface area contributed by atoms with Crippen molar-refractivity contribution in [2.75, 3.05) is 6.61 Å². The number of nitrogens with zero attached hydrogens (tertiary/aromatic N) is 1. The second-order valence-corrected chi connectivity index (χ2v) is 10.7. The molecule has 186 valence electrons. The fourth-order valence-corrected chi connectivity index (χ4v) is 5.11. The van der Waals surface area contributed by atoms with Crippen LogP contribution in [0.5, 0.6) is 5.75 Å². The van der Waals surface area contributed by atoms with Gasteiger partial charge in [-0.1, -0.05) is 53.0 Å². The summed E-state index contributed by atoms with van der Waals surface area (Å²) in [6, 6.07) is 13.5. The maximum atomic E-state index is 13.8. The fourth-order valence-electron chi connectivity index (χ4n) is 5.11. The largest absolute Gasteiger partial charge is 0.494 e. The van der Waals surface area contributed by atoms with Crippen molar-refractivity contribution in [2.24, 2.45) is 0 Å². The van der Waals surface area contributed by atoms with E-state index in [-0.39, 0.29) is 11.3 Å². The first-order valence-corrected chi connectivity index (χ1v) is 12.9. The number of aliphatic carboxylic acids is 1. The van der Waals surface area contributed by atoms with Crippen molar-refractivity contribution in [3.8, 4) is 5.75 Å². The zero-order valence-electron chi connectivity index (χ0n) is 21.4. The molecule has 4 rings (SSSR count). The monoisotopic (exact) mass is 475 g/mol. The first-order chi connectivity index (χ1) is 16.7. The molecule has 0 radical (unpaired) electrons. The van der Waals surface area contributed by atoms with Gasteiger partial charge in [-0.15, -0.1) is 0 Å². The SMILES string of the molecule is CCCCCCOc1ccc(C(=O)n2c3c(c4cc(C(C)(C)C)ccc42)C(C(=O)O)CCC3)cc1. The van der Waals surface area contributed by atoms with Crippen molar-refractivity contribution in [3.05, 3.63) is 64.8 Å². The fraction of sp³-hybridized carbons (Fsp3) is 0.467. The van der Waals surface area contributed by atoms with Gasteiger partial charge in [0.05, 0.1) is 18.0 Å². The molecule has 35 heavy (non-hydrogen) atoms. The van der Waals surface area contributed by atoms with Crippen LogP contribution in [-0.4, -0.2) is 28.2 Å². The lowest BCUT2D eigenvalue weighted by molar-refractivity contribution is -0.139. The molecule has 3 aromatic rings. The van der Waals surface area contributed by atoms with Gasteiger partial charge >= 0.3 is 5.97 Å². The van der Waals surface area contributed by atoms with Crippen LogP contribution >= 0.6 is 0 Å². The summed E-state index contributed by atoms with van der Waals surface area (Å²) in [4.78, 5) is 25.9. The maximum Gasteiger partial charge on any atom is 0.311 e. The third-order valence-electron chi connectivity index (χ3n) is 7.10. The number of rotatable bonds is 8. The molecule has 1 atom stereocenters. The summed E-state index contributed by atoms with van der Waals surface area (Å²) in [6.45, 7) is 9.29. The number of hydrogen-bond donors (Lipinski definition) is 1. The molecule has 1 aromatic heterocycles. The van der Waals surface area contributed by atoms with E-state index in [1.165, 1.54) is 12.8 Å². The van der Waals surface area contributed by atoms with Crippen molar-refractivity contribution in [1.29, 1.82) is 0 Å². The summed E-state index contributed by atoms with van der Waals surface area (Å²) >= 11 is 0. The summed E-state index contributed by atoms with van der Waals surface area (Å²) < 4.78 is 7.60. The minimum absolute atomic E-state index is 0.0764. The van der Waals surface area contributed by atoms with E-state index in [0.717, 1.165) is 52.7 Å². The van der Waals surface area contributed by atoms with Crippen molar-refractivity contribution in [2.45, 2.75) is 84.0 Å². The Morgan fingerprint density at radius 3 is 2.46 bits per heavy atom. The molecule has 0 bridgehead atoms. The number of unbranched alkanes of at least 4 members (excludes halogenated alkanes) is 3. The molecule has 1 aliphatic carbocycles. The summed E-state index contributed by atoms with van der Waals surface area (Å²) in [7, 11) is 0. The highest BCUT2D eigenvalue weighted by Gasteiger charge is 2.34. The lowest BCUT2D eigenvalue weighted by Crippen LogP contribution is -2.21. The van der Waals surface area contributed by atoms with Crippen LogP contribution in [0.1, 0.15) is 99.3 Å². The van der Waals surface area contributed by atoms with Gasteiger partial charge in [0.25, 0.3) is 5.91 Å². The number of hydrogen-bond acceptors (Lipinski definition) is 3. The predicted molar refractivity (Wildman–Crippen MR) is 140 cm³/mol. The van der Waals surface area contributed by atoms with Crippen molar-refractivity contribution in [3.63, 3.8) is 0 Å². The molecule has 0 amide bonds. The van der Waals surface area contributed by atoms with Gasteiger partial charge in [0.15, 0.2) is 0 Å². The van der Waals surface area contributed by atoms with Crippen LogP contribution in [0.15, 0.2) is 42.5 Å². The first-order valence-electron chi connectivity index (χ1n) is 12.9. The highest BCUT2D eigenvalue weighted by molar-refractivity contribution is 6.05. The van der Waals surface area contributed by atoms with E-state index in [0.29, 0.717) is 25.0 Å². The molecule has 0 saturated heterocycles. The summed E-state index contributed by atoms with van der Waals surface area (Å²) in [5, 5.41) is 10.9. The molecule has 2 aromatic carbocycles. The quantitative estimate of drug-likeness (QED) is 0.353. The van der Waals surface area contributed by atoms with Crippen LogP contribution in [0.25, 0.3) is 10.9 Å². The Morgan fingerprint density at radius 1 is 1.06 bits per heavy atom. The van der Waals surface area contributed by atoms with Crippen LogP contribution in [0.4, 0.5) is 0 Å². The normalized spacial score (nSPS) is 15.7. The Morgan fingerprint density at radius 2 is 1.80 bits per heavy atom. The van der Waals surface area contributed by atoms with Gasteiger partial charge in [-0.2, -0.15) is 0 Å². The molecule has 0 aliphatic heterocycles. The number of benzene rings is 2. The number of carboxylic acids is 1. The van der Waals surface area contributed by atoms with E-state index in [9.17, 15) is 14.7 Å². The summed E-state index contributed by atoms with van der Waals surface area (Å²) in [5.41, 5.74) is 4.06. The zero-order chi connectivity index (χ0) is 25.2. The van der Waals surface area contributed by atoms with E-state index < -0.39 is 11.9 Å². The number of carbonyl (C=O) groups is 2. The molecule has 1 aliphatic rings. The molecule has 0 saturated carbocycles. The predicted octanol–water partition coefficient (Wildman–Crippen LogP) is 7.09. The number of ether oxygens (including phenoxy) is 1. The van der Waals surface area contributed by atoms with Gasteiger partial charge < -0.3 is 9.84 Å². The topological polar surface area (TPSA) is 68.5 Å². The highest BCUT2D eigenvalue weighted by atomic mass is 16.5. The second kappa shape index (κ2) is 10.3. The van der Waals surface area contributed by atoms with Crippen LogP contribution in [-0.2, 0) is 16.6 Å². The maximum absolute atomic E-state index is 13.8. The molecule has 5 heteroatoms. The zero-order valence-corrected chi connectivity index (χ0v) is 21.4. The number of carboxylic acid groups (broad SMARTS) is 1. The molecular formula is C30H37NO4. The smallest absolute Gasteiger partial charge is 0.311 e. The second-order valence-electron chi connectivity index (χ2n) is 10.7. The molecule has 5 nitrogen and oxygen atoms in total. The minimum Gasteiger partial charge on any atom is -0.494 e. The van der Waals surface area contributed by atoms with E-state index in [2.05, 4.69) is 39.8 Å². The average Bonchev–Trinajstić information content (AvgIpc) is 3.17. The molecule has 1 unspecified atom stereocenters. The Kier molecular flexibility index (Phi) is 7.34. The van der Waals surface area contributed by atoms with Crippen LogP contribution in [0, 0.1) is 0 Å². The summed E-state index contributed by atoms with van der Waals surface area (Å²) in [5.74, 6) is -0.772. The summed E-state index contributed by atoms with van der Waals surface area (Å²) in [6.07, 6.45) is 6.64. The van der Waals surface area contributed by atoms with Gasteiger partial charge in [-0.05, 0) is 78.6 Å². The molecule has 0 spiro atoms. The van der Waals surface area contributed by atoms with E-state index in [4.69, 9.17) is 4.74 Å². The lowest BCUT2D eigenvalue weighted by atomic mass is 9.82. The van der Waals surface area contributed by atoms with Crippen molar-refractivity contribution >= 4 is 22.8 Å².